The highest BCUT2D eigenvalue weighted by atomic mass is 19.4. The highest BCUT2D eigenvalue weighted by Crippen LogP contribution is 2.36. The van der Waals surface area contributed by atoms with Crippen molar-refractivity contribution in [1.29, 1.82) is 0 Å². The number of para-hydroxylation sites is 1. The predicted molar refractivity (Wildman–Crippen MR) is 69.1 cm³/mol. The molecule has 0 fully saturated rings. The molecule has 0 saturated carbocycles. The Kier molecular flexibility index (Phi) is 3.61. The van der Waals surface area contributed by atoms with E-state index >= 15 is 0 Å². The topological polar surface area (TPSA) is 53.1 Å². The lowest BCUT2D eigenvalue weighted by Crippen LogP contribution is -2.17. The van der Waals surface area contributed by atoms with Gasteiger partial charge in [-0.1, -0.05) is 12.1 Å². The van der Waals surface area contributed by atoms with E-state index in [4.69, 9.17) is 5.73 Å². The van der Waals surface area contributed by atoms with Crippen molar-refractivity contribution >= 4 is 5.82 Å². The number of imidazole rings is 1. The van der Waals surface area contributed by atoms with E-state index in [-0.39, 0.29) is 23.0 Å². The normalized spacial score (nSPS) is 11.9. The van der Waals surface area contributed by atoms with Crippen LogP contribution >= 0.6 is 0 Å². The number of halogens is 3. The second-order valence-electron chi connectivity index (χ2n) is 4.52. The van der Waals surface area contributed by atoms with Gasteiger partial charge in [0.2, 0.25) is 0 Å². The summed E-state index contributed by atoms with van der Waals surface area (Å²) in [4.78, 5) is 4.09. The van der Waals surface area contributed by atoms with Crippen LogP contribution in [0, 0.1) is 0 Å². The van der Waals surface area contributed by atoms with E-state index in [1.165, 1.54) is 24.5 Å². The van der Waals surface area contributed by atoms with Crippen molar-refractivity contribution in [1.82, 2.24) is 9.55 Å². The number of nitrogens with zero attached hydrogens (tertiary/aromatic N) is 2. The fourth-order valence-corrected chi connectivity index (χ4v) is 1.87. The number of benzene rings is 1. The summed E-state index contributed by atoms with van der Waals surface area (Å²) >= 11 is 0. The molecule has 7 heteroatoms. The van der Waals surface area contributed by atoms with Gasteiger partial charge >= 0.3 is 6.36 Å². The highest BCUT2D eigenvalue weighted by Gasteiger charge is 2.32. The molecular formula is C13H14F3N3O. The molecule has 0 unspecified atom stereocenters. The van der Waals surface area contributed by atoms with Gasteiger partial charge in [-0.25, -0.2) is 4.98 Å². The molecule has 1 aromatic heterocycles. The summed E-state index contributed by atoms with van der Waals surface area (Å²) in [7, 11) is 0. The fraction of sp³-hybridized carbons (Fsp3) is 0.308. The molecule has 0 aliphatic heterocycles. The third kappa shape index (κ3) is 2.87. The summed E-state index contributed by atoms with van der Waals surface area (Å²) in [5.74, 6) is -0.0149. The zero-order valence-electron chi connectivity index (χ0n) is 11.0. The zero-order chi connectivity index (χ0) is 14.9. The first-order valence-electron chi connectivity index (χ1n) is 5.97. The molecule has 0 aliphatic rings. The van der Waals surface area contributed by atoms with Crippen molar-refractivity contribution < 1.29 is 17.9 Å². The lowest BCUT2D eigenvalue weighted by molar-refractivity contribution is -0.274. The number of alkyl halides is 3. The van der Waals surface area contributed by atoms with Crippen LogP contribution in [0.5, 0.6) is 5.75 Å². The highest BCUT2D eigenvalue weighted by molar-refractivity contribution is 5.75. The van der Waals surface area contributed by atoms with Crippen LogP contribution in [0.1, 0.15) is 19.9 Å². The second-order valence-corrected chi connectivity index (χ2v) is 4.52. The molecule has 2 N–H and O–H groups in total. The van der Waals surface area contributed by atoms with Crippen LogP contribution in [-0.4, -0.2) is 15.9 Å². The average molecular weight is 285 g/mol. The number of hydrogen-bond donors (Lipinski definition) is 1. The Morgan fingerprint density at radius 2 is 1.90 bits per heavy atom. The zero-order valence-corrected chi connectivity index (χ0v) is 11.0. The second kappa shape index (κ2) is 5.07. The van der Waals surface area contributed by atoms with Crippen molar-refractivity contribution in [3.63, 3.8) is 0 Å². The number of rotatable bonds is 3. The summed E-state index contributed by atoms with van der Waals surface area (Å²) in [6.07, 6.45) is -3.26. The quantitative estimate of drug-likeness (QED) is 0.937. The fourth-order valence-electron chi connectivity index (χ4n) is 1.87. The SMILES string of the molecule is CC(C)n1cnc(-c2ccccc2OC(F)(F)F)c1N. The van der Waals surface area contributed by atoms with E-state index in [1.54, 1.807) is 10.6 Å². The standard InChI is InChI=1S/C13H14F3N3O/c1-8(2)19-7-18-11(12(19)17)9-5-3-4-6-10(9)20-13(14,15)16/h3-8H,17H2,1-2H3. The first kappa shape index (κ1) is 14.2. The van der Waals surface area contributed by atoms with E-state index < -0.39 is 6.36 Å². The molecule has 108 valence electrons. The number of aromatic nitrogens is 2. The maximum Gasteiger partial charge on any atom is 0.573 e. The van der Waals surface area contributed by atoms with Gasteiger partial charge in [0.15, 0.2) is 0 Å². The molecule has 1 heterocycles. The summed E-state index contributed by atoms with van der Waals surface area (Å²) in [6, 6.07) is 5.85. The van der Waals surface area contributed by atoms with Gasteiger partial charge in [-0.05, 0) is 26.0 Å². The Balaban J connectivity index is 2.48. The van der Waals surface area contributed by atoms with Crippen LogP contribution in [0.3, 0.4) is 0 Å². The maximum atomic E-state index is 12.4. The number of ether oxygens (including phenoxy) is 1. The Hall–Kier alpha value is -2.18. The predicted octanol–water partition coefficient (Wildman–Crippen LogP) is 3.61. The van der Waals surface area contributed by atoms with Gasteiger partial charge in [0, 0.05) is 11.6 Å². The van der Waals surface area contributed by atoms with Gasteiger partial charge in [0.1, 0.15) is 17.3 Å². The molecule has 4 nitrogen and oxygen atoms in total. The molecular weight excluding hydrogens is 271 g/mol. The van der Waals surface area contributed by atoms with E-state index in [2.05, 4.69) is 9.72 Å². The third-order valence-electron chi connectivity index (χ3n) is 2.76. The molecule has 0 spiro atoms. The van der Waals surface area contributed by atoms with E-state index in [0.717, 1.165) is 0 Å². The van der Waals surface area contributed by atoms with Crippen LogP contribution < -0.4 is 10.5 Å². The summed E-state index contributed by atoms with van der Waals surface area (Å²) < 4.78 is 42.9. The van der Waals surface area contributed by atoms with Crippen molar-refractivity contribution in [2.45, 2.75) is 26.3 Å². The van der Waals surface area contributed by atoms with Crippen LogP contribution in [0.4, 0.5) is 19.0 Å². The Morgan fingerprint density at radius 1 is 1.25 bits per heavy atom. The molecule has 2 aromatic rings. The van der Waals surface area contributed by atoms with Gasteiger partial charge in [-0.15, -0.1) is 13.2 Å². The molecule has 20 heavy (non-hydrogen) atoms. The minimum Gasteiger partial charge on any atom is -0.405 e. The largest absolute Gasteiger partial charge is 0.573 e. The van der Waals surface area contributed by atoms with Crippen LogP contribution in [0.15, 0.2) is 30.6 Å². The minimum absolute atomic E-state index is 0.0620. The van der Waals surface area contributed by atoms with Crippen molar-refractivity contribution in [3.8, 4) is 17.0 Å². The average Bonchev–Trinajstić information content (AvgIpc) is 2.70. The van der Waals surface area contributed by atoms with Crippen molar-refractivity contribution in [2.24, 2.45) is 0 Å². The summed E-state index contributed by atoms with van der Waals surface area (Å²) in [5, 5.41) is 0. The van der Waals surface area contributed by atoms with Crippen LogP contribution in [-0.2, 0) is 0 Å². The monoisotopic (exact) mass is 285 g/mol. The van der Waals surface area contributed by atoms with E-state index in [0.29, 0.717) is 5.82 Å². The Morgan fingerprint density at radius 3 is 2.45 bits per heavy atom. The van der Waals surface area contributed by atoms with Crippen molar-refractivity contribution in [2.75, 3.05) is 5.73 Å². The van der Waals surface area contributed by atoms with Gasteiger partial charge in [0.25, 0.3) is 0 Å². The number of hydrogen-bond acceptors (Lipinski definition) is 3. The van der Waals surface area contributed by atoms with Crippen LogP contribution in [0.25, 0.3) is 11.3 Å². The van der Waals surface area contributed by atoms with E-state index in [1.807, 2.05) is 13.8 Å². The third-order valence-corrected chi connectivity index (χ3v) is 2.76. The molecule has 0 atom stereocenters. The van der Waals surface area contributed by atoms with Crippen LogP contribution in [0.2, 0.25) is 0 Å². The maximum absolute atomic E-state index is 12.4. The van der Waals surface area contributed by atoms with Gasteiger partial charge in [0.05, 0.1) is 6.33 Å². The van der Waals surface area contributed by atoms with Gasteiger partial charge < -0.3 is 15.0 Å². The van der Waals surface area contributed by atoms with Crippen molar-refractivity contribution in [3.05, 3.63) is 30.6 Å². The lowest BCUT2D eigenvalue weighted by atomic mass is 10.1. The number of nitrogens with two attached hydrogens (primary N) is 1. The Labute approximate surface area is 114 Å². The van der Waals surface area contributed by atoms with Gasteiger partial charge in [-0.3, -0.25) is 0 Å². The molecule has 0 amide bonds. The number of nitrogen functional groups attached to an aromatic ring is 1. The molecule has 0 bridgehead atoms. The molecule has 1 aromatic carbocycles. The minimum atomic E-state index is -4.76. The number of anilines is 1. The summed E-state index contributed by atoms with van der Waals surface area (Å²) in [6.45, 7) is 3.81. The molecule has 2 rings (SSSR count). The lowest BCUT2D eigenvalue weighted by Gasteiger charge is -2.13. The Bertz CT molecular complexity index is 605. The first-order chi connectivity index (χ1) is 9.29. The molecule has 0 radical (unpaired) electrons. The smallest absolute Gasteiger partial charge is 0.405 e. The summed E-state index contributed by atoms with van der Waals surface area (Å²) in [5.41, 5.74) is 6.42. The van der Waals surface area contributed by atoms with Gasteiger partial charge in [-0.2, -0.15) is 0 Å². The molecule has 0 aliphatic carbocycles. The molecule has 0 saturated heterocycles. The van der Waals surface area contributed by atoms with E-state index in [9.17, 15) is 13.2 Å². The first-order valence-corrected chi connectivity index (χ1v) is 5.97.